The van der Waals surface area contributed by atoms with Crippen LogP contribution in [0, 0.1) is 63.6 Å². The Balaban J connectivity index is 1.26. The summed E-state index contributed by atoms with van der Waals surface area (Å²) in [6.07, 6.45) is 30.8. The van der Waals surface area contributed by atoms with Crippen LogP contribution in [0.2, 0.25) is 0 Å². The van der Waals surface area contributed by atoms with Crippen molar-refractivity contribution < 1.29 is 0 Å². The number of unbranched alkanes of at least 4 members (excludes halogenated alkanes) is 1. The molecule has 0 N–H and O–H groups in total. The quantitative estimate of drug-likeness (QED) is 0.289. The zero-order valence-electron chi connectivity index (χ0n) is 26.3. The molecule has 5 aliphatic rings. The fraction of sp³-hybridized carbons (Fsp3) is 1.00. The van der Waals surface area contributed by atoms with Gasteiger partial charge in [-0.3, -0.25) is 0 Å². The molecule has 0 aromatic carbocycles. The lowest BCUT2D eigenvalue weighted by Crippen LogP contribution is -2.54. The molecule has 0 heteroatoms. The first kappa shape index (κ1) is 28.5. The van der Waals surface area contributed by atoms with Crippen molar-refractivity contribution >= 4 is 0 Å². The number of hydrogen-bond acceptors (Lipinski definition) is 0. The molecule has 0 nitrogen and oxygen atoms in total. The molecule has 5 fully saturated rings. The van der Waals surface area contributed by atoms with E-state index in [1.54, 1.807) is 77.0 Å². The van der Waals surface area contributed by atoms with Gasteiger partial charge in [0.1, 0.15) is 0 Å². The summed E-state index contributed by atoms with van der Waals surface area (Å²) in [7, 11) is 0. The van der Waals surface area contributed by atoms with Crippen molar-refractivity contribution in [3.8, 4) is 0 Å². The molecule has 214 valence electrons. The van der Waals surface area contributed by atoms with Crippen LogP contribution in [0.4, 0.5) is 0 Å². The maximum absolute atomic E-state index is 2.83. The predicted molar refractivity (Wildman–Crippen MR) is 162 cm³/mol. The highest BCUT2D eigenvalue weighted by molar-refractivity contribution is 5.10. The van der Waals surface area contributed by atoms with Gasteiger partial charge in [0.15, 0.2) is 0 Å². The first-order valence-corrected chi connectivity index (χ1v) is 17.7. The van der Waals surface area contributed by atoms with Crippen LogP contribution in [-0.2, 0) is 0 Å². The lowest BCUT2D eigenvalue weighted by Gasteiger charge is -2.63. The summed E-state index contributed by atoms with van der Waals surface area (Å²) in [6.45, 7) is 15.5. The number of fused-ring (bicyclic) bond motifs is 5. The van der Waals surface area contributed by atoms with E-state index in [-0.39, 0.29) is 0 Å². The van der Waals surface area contributed by atoms with Crippen molar-refractivity contribution in [1.29, 1.82) is 0 Å². The third-order valence-corrected chi connectivity index (χ3v) is 14.6. The molecule has 3 unspecified atom stereocenters. The Labute approximate surface area is 233 Å². The van der Waals surface area contributed by atoms with Crippen LogP contribution in [0.3, 0.4) is 0 Å². The van der Waals surface area contributed by atoms with Gasteiger partial charge in [-0.1, -0.05) is 92.9 Å². The van der Waals surface area contributed by atoms with Crippen molar-refractivity contribution in [2.75, 3.05) is 0 Å². The number of hydrogen-bond donors (Lipinski definition) is 0. The second kappa shape index (κ2) is 11.5. The van der Waals surface area contributed by atoms with Crippen molar-refractivity contribution in [3.63, 3.8) is 0 Å². The third kappa shape index (κ3) is 5.25. The van der Waals surface area contributed by atoms with Crippen LogP contribution in [0.5, 0.6) is 0 Å². The molecule has 0 aliphatic heterocycles. The maximum atomic E-state index is 2.83. The van der Waals surface area contributed by atoms with Gasteiger partial charge in [0.2, 0.25) is 0 Å². The van der Waals surface area contributed by atoms with E-state index in [1.807, 2.05) is 0 Å². The Morgan fingerprint density at radius 1 is 0.676 bits per heavy atom. The topological polar surface area (TPSA) is 0 Å². The van der Waals surface area contributed by atoms with Gasteiger partial charge < -0.3 is 0 Å². The first-order chi connectivity index (χ1) is 17.7. The summed E-state index contributed by atoms with van der Waals surface area (Å²) >= 11 is 0. The smallest absolute Gasteiger partial charge is 0.0264 e. The van der Waals surface area contributed by atoms with E-state index in [2.05, 4.69) is 41.5 Å². The molecule has 0 bridgehead atoms. The highest BCUT2D eigenvalue weighted by atomic mass is 14.7. The van der Waals surface area contributed by atoms with Gasteiger partial charge in [-0.2, -0.15) is 0 Å². The van der Waals surface area contributed by atoms with E-state index < -0.39 is 0 Å². The van der Waals surface area contributed by atoms with Crippen LogP contribution in [0.25, 0.3) is 0 Å². The molecule has 0 saturated heterocycles. The van der Waals surface area contributed by atoms with Crippen LogP contribution in [-0.4, -0.2) is 0 Å². The molecule has 5 aliphatic carbocycles. The average Bonchev–Trinajstić information content (AvgIpc) is 3.24. The largest absolute Gasteiger partial charge is 0.0654 e. The number of rotatable bonds is 9. The van der Waals surface area contributed by atoms with Gasteiger partial charge in [0.25, 0.3) is 0 Å². The summed E-state index contributed by atoms with van der Waals surface area (Å²) in [5.74, 6) is 8.11. The first-order valence-electron chi connectivity index (χ1n) is 17.7. The van der Waals surface area contributed by atoms with Crippen LogP contribution >= 0.6 is 0 Å². The molecule has 37 heavy (non-hydrogen) atoms. The molecule has 0 amide bonds. The zero-order valence-corrected chi connectivity index (χ0v) is 26.3. The summed E-state index contributed by atoms with van der Waals surface area (Å²) in [4.78, 5) is 0. The lowest BCUT2D eigenvalue weighted by atomic mass is 9.42. The minimum Gasteiger partial charge on any atom is -0.0654 e. The predicted octanol–water partition coefficient (Wildman–Crippen LogP) is 11.9. The highest BCUT2D eigenvalue weighted by Crippen LogP contribution is 2.69. The van der Waals surface area contributed by atoms with Crippen molar-refractivity contribution in [2.24, 2.45) is 63.6 Å². The maximum Gasteiger partial charge on any atom is -0.0264 e. The Bertz CT molecular complexity index is 728. The zero-order chi connectivity index (χ0) is 26.3. The molecule has 0 aromatic heterocycles. The van der Waals surface area contributed by atoms with Crippen LogP contribution in [0.1, 0.15) is 170 Å². The van der Waals surface area contributed by atoms with Crippen molar-refractivity contribution in [3.05, 3.63) is 0 Å². The highest BCUT2D eigenvalue weighted by Gasteiger charge is 2.61. The van der Waals surface area contributed by atoms with Gasteiger partial charge in [-0.05, 0) is 141 Å². The van der Waals surface area contributed by atoms with Crippen molar-refractivity contribution in [1.82, 2.24) is 0 Å². The Kier molecular flexibility index (Phi) is 8.84. The van der Waals surface area contributed by atoms with Gasteiger partial charge in [-0.25, -0.2) is 0 Å². The molecule has 0 aromatic rings. The summed E-state index contributed by atoms with van der Waals surface area (Å²) < 4.78 is 0. The molecule has 0 radical (unpaired) electrons. The molecule has 5 rings (SSSR count). The molecule has 9 atom stereocenters. The molecular weight excluding hydrogens is 444 g/mol. The van der Waals surface area contributed by atoms with E-state index in [4.69, 9.17) is 0 Å². The van der Waals surface area contributed by atoms with E-state index in [1.165, 1.54) is 51.4 Å². The van der Waals surface area contributed by atoms with E-state index >= 15 is 0 Å². The third-order valence-electron chi connectivity index (χ3n) is 14.6. The van der Waals surface area contributed by atoms with Crippen molar-refractivity contribution in [2.45, 2.75) is 170 Å². The van der Waals surface area contributed by atoms with E-state index in [0.29, 0.717) is 10.8 Å². The standard InChI is InChI=1S/C37H66/c1-7-8-21-37(22-10-9-11-23-37)30-19-24-35(5)29(26-30)15-16-31-33-18-17-32(28(4)14-12-13-27(2)3)36(33,6)25-20-34(31)35/h27-34H,7-26H2,1-6H3/t28?,29?,30?,31-,32+,33-,34-,35-,36+/m0/s1. The van der Waals surface area contributed by atoms with Gasteiger partial charge in [0, 0.05) is 0 Å². The molecular formula is C37H66. The van der Waals surface area contributed by atoms with E-state index in [9.17, 15) is 0 Å². The van der Waals surface area contributed by atoms with Gasteiger partial charge in [-0.15, -0.1) is 0 Å². The summed E-state index contributed by atoms with van der Waals surface area (Å²) in [5, 5.41) is 0. The minimum atomic E-state index is 0.658. The second-order valence-corrected chi connectivity index (χ2v) is 16.7. The second-order valence-electron chi connectivity index (χ2n) is 16.7. The molecule has 0 spiro atoms. The van der Waals surface area contributed by atoms with Gasteiger partial charge >= 0.3 is 0 Å². The Morgan fingerprint density at radius 3 is 2.14 bits per heavy atom. The molecule has 0 heterocycles. The fourth-order valence-electron chi connectivity index (χ4n) is 12.5. The summed E-state index contributed by atoms with van der Waals surface area (Å²) in [6, 6.07) is 0. The SMILES string of the molecule is CCCCC1(C2CC[C@@]3(C)C(CC[C@H]4[C@@H]5CC[C@H](C(C)CCCC(C)C)[C@@]5(C)CC[C@@H]43)C2)CCCCC1. The summed E-state index contributed by atoms with van der Waals surface area (Å²) in [5.41, 5.74) is 2.06. The van der Waals surface area contributed by atoms with Gasteiger partial charge in [0.05, 0.1) is 0 Å². The monoisotopic (exact) mass is 511 g/mol. The van der Waals surface area contributed by atoms with Crippen LogP contribution in [0.15, 0.2) is 0 Å². The van der Waals surface area contributed by atoms with Crippen LogP contribution < -0.4 is 0 Å². The Hall–Kier alpha value is 0. The average molecular weight is 511 g/mol. The lowest BCUT2D eigenvalue weighted by molar-refractivity contribution is -0.133. The minimum absolute atomic E-state index is 0.658. The fourth-order valence-corrected chi connectivity index (χ4v) is 12.5. The van der Waals surface area contributed by atoms with E-state index in [0.717, 1.165) is 52.8 Å². The molecule has 5 saturated carbocycles. The normalized spacial score (nSPS) is 44.2. The Morgan fingerprint density at radius 2 is 1.41 bits per heavy atom.